The van der Waals surface area contributed by atoms with Crippen molar-refractivity contribution in [2.75, 3.05) is 22.9 Å². The molecule has 0 saturated carbocycles. The molecule has 0 spiro atoms. The van der Waals surface area contributed by atoms with E-state index in [-0.39, 0.29) is 0 Å². The first-order valence-corrected chi connectivity index (χ1v) is 12.5. The Morgan fingerprint density at radius 2 is 1.00 bits per heavy atom. The largest absolute Gasteiger partial charge is 0.351 e. The van der Waals surface area contributed by atoms with Crippen LogP contribution in [-0.2, 0) is 25.9 Å². The summed E-state index contributed by atoms with van der Waals surface area (Å²) in [6, 6.07) is 26.2. The number of nitrogens with one attached hydrogen (secondary N) is 1. The molecule has 0 amide bonds. The highest BCUT2D eigenvalue weighted by atomic mass is 15.3. The summed E-state index contributed by atoms with van der Waals surface area (Å²) in [4.78, 5) is 22.6. The Hall–Kier alpha value is -4.59. The highest BCUT2D eigenvalue weighted by molar-refractivity contribution is 5.51. The van der Waals surface area contributed by atoms with Crippen LogP contribution < -0.4 is 9.80 Å². The monoisotopic (exact) mass is 490 g/mol. The van der Waals surface area contributed by atoms with Crippen molar-refractivity contribution in [3.05, 3.63) is 126 Å². The molecular formula is C29H30N8. The fourth-order valence-electron chi connectivity index (χ4n) is 4.15. The highest BCUT2D eigenvalue weighted by Crippen LogP contribution is 2.22. The van der Waals surface area contributed by atoms with E-state index in [9.17, 15) is 0 Å². The summed E-state index contributed by atoms with van der Waals surface area (Å²) in [5.41, 5.74) is 4.10. The number of pyridine rings is 4. The Bertz CT molecular complexity index is 1220. The van der Waals surface area contributed by atoms with Gasteiger partial charge in [0, 0.05) is 68.2 Å². The molecular weight excluding hydrogens is 460 g/mol. The van der Waals surface area contributed by atoms with Crippen molar-refractivity contribution in [2.45, 2.75) is 25.9 Å². The predicted octanol–water partition coefficient (Wildman–Crippen LogP) is 4.49. The first-order valence-electron chi connectivity index (χ1n) is 12.5. The molecule has 0 aromatic carbocycles. The van der Waals surface area contributed by atoms with Gasteiger partial charge in [-0.1, -0.05) is 24.3 Å². The zero-order valence-corrected chi connectivity index (χ0v) is 20.7. The lowest BCUT2D eigenvalue weighted by Gasteiger charge is -2.23. The number of rotatable bonds is 12. The lowest BCUT2D eigenvalue weighted by Crippen LogP contribution is -2.27. The number of H-pyrrole nitrogens is 1. The van der Waals surface area contributed by atoms with Gasteiger partial charge in [-0.3, -0.25) is 25.0 Å². The van der Waals surface area contributed by atoms with Gasteiger partial charge in [-0.15, -0.1) is 0 Å². The lowest BCUT2D eigenvalue weighted by atomic mass is 10.2. The van der Waals surface area contributed by atoms with Crippen molar-refractivity contribution in [1.82, 2.24) is 30.1 Å². The number of aromatic nitrogens is 6. The minimum absolute atomic E-state index is 0.659. The van der Waals surface area contributed by atoms with E-state index in [2.05, 4.69) is 53.0 Å². The molecule has 186 valence electrons. The van der Waals surface area contributed by atoms with E-state index in [0.29, 0.717) is 13.1 Å². The Balaban J connectivity index is 1.37. The van der Waals surface area contributed by atoms with Crippen LogP contribution in [-0.4, -0.2) is 43.2 Å². The number of hydrogen-bond acceptors (Lipinski definition) is 7. The number of aromatic amines is 1. The Labute approximate surface area is 217 Å². The fraction of sp³-hybridized carbons (Fsp3) is 0.207. The van der Waals surface area contributed by atoms with Gasteiger partial charge >= 0.3 is 0 Å². The molecule has 0 aliphatic rings. The van der Waals surface area contributed by atoms with E-state index in [4.69, 9.17) is 5.10 Å². The maximum Gasteiger partial charge on any atom is 0.152 e. The van der Waals surface area contributed by atoms with E-state index in [1.807, 2.05) is 85.5 Å². The van der Waals surface area contributed by atoms with Crippen molar-refractivity contribution in [2.24, 2.45) is 0 Å². The van der Waals surface area contributed by atoms with Crippen LogP contribution in [0.1, 0.15) is 22.8 Å². The van der Waals surface area contributed by atoms with Crippen LogP contribution in [0.3, 0.4) is 0 Å². The molecule has 0 atom stereocenters. The van der Waals surface area contributed by atoms with Crippen LogP contribution in [0.2, 0.25) is 0 Å². The summed E-state index contributed by atoms with van der Waals surface area (Å²) in [5, 5.41) is 7.99. The fourth-order valence-corrected chi connectivity index (χ4v) is 4.15. The van der Waals surface area contributed by atoms with Crippen LogP contribution in [0.15, 0.2) is 104 Å². The van der Waals surface area contributed by atoms with Gasteiger partial charge in [0.05, 0.1) is 24.5 Å². The first-order chi connectivity index (χ1) is 18.3. The van der Waals surface area contributed by atoms with Crippen LogP contribution in [0.25, 0.3) is 0 Å². The average Bonchev–Trinajstić information content (AvgIpc) is 3.46. The third-order valence-electron chi connectivity index (χ3n) is 6.10. The molecule has 5 aromatic rings. The molecule has 5 heterocycles. The summed E-state index contributed by atoms with van der Waals surface area (Å²) in [7, 11) is 0. The van der Waals surface area contributed by atoms with Crippen LogP contribution >= 0.6 is 0 Å². The molecule has 8 heteroatoms. The second-order valence-corrected chi connectivity index (χ2v) is 8.74. The van der Waals surface area contributed by atoms with E-state index in [0.717, 1.165) is 60.3 Å². The third kappa shape index (κ3) is 6.98. The zero-order valence-electron chi connectivity index (χ0n) is 20.7. The molecule has 0 fully saturated rings. The minimum atomic E-state index is 0.659. The minimum Gasteiger partial charge on any atom is -0.351 e. The molecule has 8 nitrogen and oxygen atoms in total. The second-order valence-electron chi connectivity index (χ2n) is 8.74. The van der Waals surface area contributed by atoms with Crippen molar-refractivity contribution in [1.29, 1.82) is 0 Å². The summed E-state index contributed by atoms with van der Waals surface area (Å²) in [6.07, 6.45) is 8.96. The smallest absolute Gasteiger partial charge is 0.152 e. The van der Waals surface area contributed by atoms with Gasteiger partial charge in [-0.25, -0.2) is 0 Å². The maximum atomic E-state index is 4.72. The number of anilines is 2. The molecule has 0 aliphatic heterocycles. The van der Waals surface area contributed by atoms with Gasteiger partial charge in [0.2, 0.25) is 0 Å². The molecule has 0 aliphatic carbocycles. The topological polar surface area (TPSA) is 86.7 Å². The van der Waals surface area contributed by atoms with Crippen LogP contribution in [0.4, 0.5) is 11.6 Å². The van der Waals surface area contributed by atoms with E-state index >= 15 is 0 Å². The molecule has 0 radical (unpaired) electrons. The quantitative estimate of drug-likeness (QED) is 0.276. The highest BCUT2D eigenvalue weighted by Gasteiger charge is 2.17. The number of hydrogen-bond donors (Lipinski definition) is 1. The van der Waals surface area contributed by atoms with E-state index < -0.39 is 0 Å². The predicted molar refractivity (Wildman–Crippen MR) is 145 cm³/mol. The first kappa shape index (κ1) is 24.1. The maximum absolute atomic E-state index is 4.72. The normalized spacial score (nSPS) is 10.8. The molecule has 0 saturated heterocycles. The molecule has 37 heavy (non-hydrogen) atoms. The average molecular weight is 491 g/mol. The molecule has 5 rings (SSSR count). The zero-order chi connectivity index (χ0) is 25.1. The van der Waals surface area contributed by atoms with Gasteiger partial charge in [0.15, 0.2) is 5.82 Å². The summed E-state index contributed by atoms with van der Waals surface area (Å²) < 4.78 is 0. The summed E-state index contributed by atoms with van der Waals surface area (Å²) >= 11 is 0. The van der Waals surface area contributed by atoms with Crippen molar-refractivity contribution < 1.29 is 0 Å². The Morgan fingerprint density at radius 3 is 1.49 bits per heavy atom. The van der Waals surface area contributed by atoms with Crippen molar-refractivity contribution >= 4 is 11.6 Å². The molecule has 0 unspecified atom stereocenters. The molecule has 1 N–H and O–H groups in total. The number of nitrogens with zero attached hydrogens (tertiary/aromatic N) is 7. The molecule has 5 aromatic heterocycles. The molecule has 0 bridgehead atoms. The lowest BCUT2D eigenvalue weighted by molar-refractivity contribution is 0.738. The van der Waals surface area contributed by atoms with Crippen LogP contribution in [0.5, 0.6) is 0 Å². The standard InChI is InChI=1S/C29H30N8/c1-5-15-30-24(9-1)13-19-36(22-26-11-3-7-17-32-26)28-21-29(35-34-28)37(23-27-12-4-8-18-33-27)20-14-25-10-2-6-16-31-25/h1-12,15-18,21H,13-14,19-20,22-23H2,(H,34,35). The van der Waals surface area contributed by atoms with E-state index in [1.165, 1.54) is 0 Å². The van der Waals surface area contributed by atoms with Gasteiger partial charge < -0.3 is 9.80 Å². The third-order valence-corrected chi connectivity index (χ3v) is 6.10. The Morgan fingerprint density at radius 1 is 0.541 bits per heavy atom. The Kier molecular flexibility index (Phi) is 8.08. The van der Waals surface area contributed by atoms with Gasteiger partial charge in [-0.2, -0.15) is 5.10 Å². The van der Waals surface area contributed by atoms with Crippen molar-refractivity contribution in [3.63, 3.8) is 0 Å². The van der Waals surface area contributed by atoms with Gasteiger partial charge in [0.1, 0.15) is 5.82 Å². The summed E-state index contributed by atoms with van der Waals surface area (Å²) in [6.45, 7) is 2.88. The second kappa shape index (κ2) is 12.4. The summed E-state index contributed by atoms with van der Waals surface area (Å²) in [5.74, 6) is 1.82. The van der Waals surface area contributed by atoms with Crippen molar-refractivity contribution in [3.8, 4) is 0 Å². The van der Waals surface area contributed by atoms with Gasteiger partial charge in [-0.05, 0) is 48.5 Å². The SMILES string of the molecule is c1ccc(CCN(Cc2ccccn2)c2cc(N(CCc3ccccn3)Cc3ccccn3)[nH]n2)nc1. The van der Waals surface area contributed by atoms with Crippen LogP contribution in [0, 0.1) is 0 Å². The van der Waals surface area contributed by atoms with E-state index in [1.54, 1.807) is 0 Å². The van der Waals surface area contributed by atoms with Gasteiger partial charge in [0.25, 0.3) is 0 Å².